The lowest BCUT2D eigenvalue weighted by Gasteiger charge is -2.17. The molecule has 1 aromatic rings. The number of benzene rings is 1. The van der Waals surface area contributed by atoms with Crippen molar-refractivity contribution >= 4 is 23.4 Å². The highest BCUT2D eigenvalue weighted by Gasteiger charge is 2.44. The minimum Gasteiger partial charge on any atom is -0.351 e. The highest BCUT2D eigenvalue weighted by Crippen LogP contribution is 2.41. The maximum absolute atomic E-state index is 13.9. The van der Waals surface area contributed by atoms with Crippen LogP contribution in [0.5, 0.6) is 0 Å². The van der Waals surface area contributed by atoms with E-state index in [4.69, 9.17) is 11.6 Å². The summed E-state index contributed by atoms with van der Waals surface area (Å²) in [5.74, 6) is -0.216. The molecule has 2 atom stereocenters. The maximum atomic E-state index is 13.9. The summed E-state index contributed by atoms with van der Waals surface area (Å²) in [7, 11) is 0. The number of carbonyl (C=O) groups excluding carboxylic acids is 2. The second-order valence-corrected chi connectivity index (χ2v) is 6.58. The fraction of sp³-hybridized carbons (Fsp3) is 0.500. The van der Waals surface area contributed by atoms with Gasteiger partial charge in [-0.3, -0.25) is 9.59 Å². The van der Waals surface area contributed by atoms with E-state index in [9.17, 15) is 14.0 Å². The second kappa shape index (κ2) is 5.88. The van der Waals surface area contributed by atoms with Gasteiger partial charge in [0.2, 0.25) is 5.91 Å². The van der Waals surface area contributed by atoms with E-state index in [-0.39, 0.29) is 34.4 Å². The minimum atomic E-state index is -0.608. The molecule has 118 valence electrons. The van der Waals surface area contributed by atoms with E-state index in [1.54, 1.807) is 4.90 Å². The number of nitrogens with zero attached hydrogens (tertiary/aromatic N) is 1. The summed E-state index contributed by atoms with van der Waals surface area (Å²) < 4.78 is 13.9. The van der Waals surface area contributed by atoms with E-state index in [1.807, 2.05) is 0 Å². The van der Waals surface area contributed by atoms with Crippen LogP contribution in [0.15, 0.2) is 18.2 Å². The zero-order valence-electron chi connectivity index (χ0n) is 12.3. The molecule has 0 bridgehead atoms. The van der Waals surface area contributed by atoms with E-state index in [1.165, 1.54) is 19.1 Å². The third kappa shape index (κ3) is 3.09. The normalized spacial score (nSPS) is 24.4. The standard InChI is InChI=1S/C16H18ClFN2O2/c1-9(21)19-15-8-20(7-13(15)10-2-3-10)16(22)12-5-4-11(17)6-14(12)18/h4-6,10,13,15H,2-3,7-8H2,1H3,(H,19,21)/t13-,15+/m1/s1. The van der Waals surface area contributed by atoms with Crippen LogP contribution in [0.25, 0.3) is 0 Å². The molecule has 3 rings (SSSR count). The number of likely N-dealkylation sites (tertiary alicyclic amines) is 1. The predicted octanol–water partition coefficient (Wildman–Crippen LogP) is 2.47. The number of carbonyl (C=O) groups is 2. The Labute approximate surface area is 133 Å². The largest absolute Gasteiger partial charge is 0.351 e. The molecule has 1 saturated carbocycles. The van der Waals surface area contributed by atoms with Crippen molar-refractivity contribution < 1.29 is 14.0 Å². The van der Waals surface area contributed by atoms with Crippen LogP contribution in [-0.2, 0) is 4.79 Å². The number of nitrogens with one attached hydrogen (secondary N) is 1. The fourth-order valence-corrected chi connectivity index (χ4v) is 3.40. The number of halogens is 2. The molecule has 4 nitrogen and oxygen atoms in total. The van der Waals surface area contributed by atoms with Crippen molar-refractivity contribution in [1.29, 1.82) is 0 Å². The van der Waals surface area contributed by atoms with Gasteiger partial charge < -0.3 is 10.2 Å². The molecule has 2 amide bonds. The number of rotatable bonds is 3. The van der Waals surface area contributed by atoms with Crippen molar-refractivity contribution in [1.82, 2.24) is 10.2 Å². The third-order valence-electron chi connectivity index (χ3n) is 4.43. The lowest BCUT2D eigenvalue weighted by molar-refractivity contribution is -0.119. The van der Waals surface area contributed by atoms with E-state index in [0.29, 0.717) is 19.0 Å². The molecule has 0 unspecified atom stereocenters. The van der Waals surface area contributed by atoms with Gasteiger partial charge in [-0.05, 0) is 37.0 Å². The molecule has 1 aliphatic carbocycles. The predicted molar refractivity (Wildman–Crippen MR) is 81.1 cm³/mol. The Morgan fingerprint density at radius 1 is 1.32 bits per heavy atom. The highest BCUT2D eigenvalue weighted by atomic mass is 35.5. The Hall–Kier alpha value is -1.62. The van der Waals surface area contributed by atoms with Crippen LogP contribution in [0.4, 0.5) is 4.39 Å². The molecule has 1 heterocycles. The molecule has 1 N–H and O–H groups in total. The molecule has 1 saturated heterocycles. The monoisotopic (exact) mass is 324 g/mol. The quantitative estimate of drug-likeness (QED) is 0.928. The molecule has 2 fully saturated rings. The van der Waals surface area contributed by atoms with E-state index >= 15 is 0 Å². The van der Waals surface area contributed by atoms with Crippen molar-refractivity contribution in [2.45, 2.75) is 25.8 Å². The van der Waals surface area contributed by atoms with Crippen molar-refractivity contribution in [3.63, 3.8) is 0 Å². The van der Waals surface area contributed by atoms with Crippen molar-refractivity contribution in [2.24, 2.45) is 11.8 Å². The van der Waals surface area contributed by atoms with Crippen LogP contribution in [-0.4, -0.2) is 35.8 Å². The second-order valence-electron chi connectivity index (χ2n) is 6.14. The summed E-state index contributed by atoms with van der Waals surface area (Å²) in [6.45, 7) is 2.48. The van der Waals surface area contributed by atoms with Gasteiger partial charge >= 0.3 is 0 Å². The molecule has 6 heteroatoms. The van der Waals surface area contributed by atoms with Crippen molar-refractivity contribution in [3.8, 4) is 0 Å². The van der Waals surface area contributed by atoms with E-state index in [2.05, 4.69) is 5.32 Å². The van der Waals surface area contributed by atoms with Crippen LogP contribution >= 0.6 is 11.6 Å². The molecule has 1 aromatic carbocycles. The topological polar surface area (TPSA) is 49.4 Å². The Bertz CT molecular complexity index is 618. The fourth-order valence-electron chi connectivity index (χ4n) is 3.24. The minimum absolute atomic E-state index is 0.0300. The number of hydrogen-bond acceptors (Lipinski definition) is 2. The van der Waals surface area contributed by atoms with Gasteiger partial charge in [-0.25, -0.2) is 4.39 Å². The average Bonchev–Trinajstić information content (AvgIpc) is 3.19. The first-order valence-corrected chi connectivity index (χ1v) is 7.85. The third-order valence-corrected chi connectivity index (χ3v) is 4.67. The zero-order chi connectivity index (χ0) is 15.9. The lowest BCUT2D eigenvalue weighted by atomic mass is 9.98. The highest BCUT2D eigenvalue weighted by molar-refractivity contribution is 6.30. The Kier molecular flexibility index (Phi) is 4.08. The van der Waals surface area contributed by atoms with Gasteiger partial charge in [0.1, 0.15) is 5.82 Å². The van der Waals surface area contributed by atoms with E-state index in [0.717, 1.165) is 18.9 Å². The smallest absolute Gasteiger partial charge is 0.256 e. The Balaban J connectivity index is 1.77. The van der Waals surface area contributed by atoms with Crippen LogP contribution < -0.4 is 5.32 Å². The first kappa shape index (κ1) is 15.3. The van der Waals surface area contributed by atoms with Crippen LogP contribution in [0, 0.1) is 17.7 Å². The molecular weight excluding hydrogens is 307 g/mol. The Morgan fingerprint density at radius 2 is 2.05 bits per heavy atom. The molecule has 0 aromatic heterocycles. The summed E-state index contributed by atoms with van der Waals surface area (Å²) in [5, 5.41) is 3.19. The summed E-state index contributed by atoms with van der Waals surface area (Å²) in [6, 6.07) is 4.04. The van der Waals surface area contributed by atoms with Gasteiger partial charge in [0, 0.05) is 31.0 Å². The van der Waals surface area contributed by atoms with Gasteiger partial charge in [0.15, 0.2) is 0 Å². The van der Waals surface area contributed by atoms with Crippen LogP contribution in [0.3, 0.4) is 0 Å². The van der Waals surface area contributed by atoms with Crippen LogP contribution in [0.2, 0.25) is 5.02 Å². The molecule has 0 spiro atoms. The first-order valence-electron chi connectivity index (χ1n) is 7.47. The van der Waals surface area contributed by atoms with Crippen LogP contribution in [0.1, 0.15) is 30.1 Å². The zero-order valence-corrected chi connectivity index (χ0v) is 13.1. The summed E-state index contributed by atoms with van der Waals surface area (Å²) in [6.07, 6.45) is 2.27. The van der Waals surface area contributed by atoms with E-state index < -0.39 is 5.82 Å². The Morgan fingerprint density at radius 3 is 2.64 bits per heavy atom. The van der Waals surface area contributed by atoms with Gasteiger partial charge in [0.25, 0.3) is 5.91 Å². The van der Waals surface area contributed by atoms with Gasteiger partial charge in [-0.1, -0.05) is 11.6 Å². The average molecular weight is 325 g/mol. The van der Waals surface area contributed by atoms with Crippen molar-refractivity contribution in [3.05, 3.63) is 34.6 Å². The summed E-state index contributed by atoms with van der Waals surface area (Å²) >= 11 is 5.72. The van der Waals surface area contributed by atoms with Crippen molar-refractivity contribution in [2.75, 3.05) is 13.1 Å². The molecule has 2 aliphatic rings. The van der Waals surface area contributed by atoms with Gasteiger partial charge in [0.05, 0.1) is 11.6 Å². The summed E-state index contributed by atoms with van der Waals surface area (Å²) in [4.78, 5) is 25.5. The number of hydrogen-bond donors (Lipinski definition) is 1. The van der Waals surface area contributed by atoms with Gasteiger partial charge in [-0.15, -0.1) is 0 Å². The molecular formula is C16H18ClFN2O2. The van der Waals surface area contributed by atoms with Gasteiger partial charge in [-0.2, -0.15) is 0 Å². The lowest BCUT2D eigenvalue weighted by Crippen LogP contribution is -2.40. The summed E-state index contributed by atoms with van der Waals surface area (Å²) in [5.41, 5.74) is 0.0300. The number of amides is 2. The molecule has 1 aliphatic heterocycles. The SMILES string of the molecule is CC(=O)N[C@H]1CN(C(=O)c2ccc(Cl)cc2F)C[C@@H]1C1CC1. The molecule has 22 heavy (non-hydrogen) atoms. The first-order chi connectivity index (χ1) is 10.5. The molecule has 0 radical (unpaired) electrons. The maximum Gasteiger partial charge on any atom is 0.256 e.